The van der Waals surface area contributed by atoms with Crippen molar-refractivity contribution in [2.45, 2.75) is 19.8 Å². The Morgan fingerprint density at radius 2 is 1.95 bits per heavy atom. The molecule has 0 N–H and O–H groups in total. The summed E-state index contributed by atoms with van der Waals surface area (Å²) < 4.78 is 30.4. The Labute approximate surface area is 124 Å². The summed E-state index contributed by atoms with van der Waals surface area (Å²) in [5.74, 6) is 0.398. The van der Waals surface area contributed by atoms with Crippen molar-refractivity contribution in [3.63, 3.8) is 0 Å². The smallest absolute Gasteiger partial charge is 0.255 e. The van der Waals surface area contributed by atoms with Gasteiger partial charge < -0.3 is 4.74 Å². The summed E-state index contributed by atoms with van der Waals surface area (Å²) >= 11 is 0. The van der Waals surface area contributed by atoms with E-state index in [2.05, 4.69) is 10.1 Å². The van der Waals surface area contributed by atoms with Crippen molar-refractivity contribution in [2.75, 3.05) is 19.0 Å². The molecule has 0 fully saturated rings. The second kappa shape index (κ2) is 7.33. The molecule has 0 saturated heterocycles. The molecule has 2 rings (SSSR count). The molecule has 1 aromatic carbocycles. The monoisotopic (exact) mass is 309 g/mol. The molecule has 0 spiro atoms. The Morgan fingerprint density at radius 3 is 2.67 bits per heavy atom. The van der Waals surface area contributed by atoms with E-state index in [1.807, 2.05) is 37.3 Å². The minimum Gasteiger partial charge on any atom is -0.381 e. The van der Waals surface area contributed by atoms with Crippen LogP contribution in [0.1, 0.15) is 19.8 Å². The van der Waals surface area contributed by atoms with E-state index >= 15 is 0 Å². The van der Waals surface area contributed by atoms with E-state index in [4.69, 9.17) is 4.74 Å². The molecule has 0 aliphatic carbocycles. The first-order valence-corrected chi connectivity index (χ1v) is 8.52. The van der Waals surface area contributed by atoms with Gasteiger partial charge in [-0.2, -0.15) is 0 Å². The molecule has 0 atom stereocenters. The Hall–Kier alpha value is -1.73. The van der Waals surface area contributed by atoms with Crippen molar-refractivity contribution in [1.29, 1.82) is 0 Å². The van der Waals surface area contributed by atoms with Gasteiger partial charge in [-0.05, 0) is 12.8 Å². The van der Waals surface area contributed by atoms with Crippen LogP contribution in [-0.4, -0.2) is 41.6 Å². The summed E-state index contributed by atoms with van der Waals surface area (Å²) in [6.07, 6.45) is 2.61. The first-order chi connectivity index (χ1) is 10.1. The SMILES string of the molecule is CCCOCCCS(=O)(=O)n1cnc(-c2ccccc2)n1. The lowest BCUT2D eigenvalue weighted by molar-refractivity contribution is 0.136. The summed E-state index contributed by atoms with van der Waals surface area (Å²) in [7, 11) is -3.47. The van der Waals surface area contributed by atoms with Crippen LogP contribution in [0.4, 0.5) is 0 Å². The minimum atomic E-state index is -3.47. The van der Waals surface area contributed by atoms with Crippen LogP contribution in [0, 0.1) is 0 Å². The molecule has 0 amide bonds. The molecule has 21 heavy (non-hydrogen) atoms. The van der Waals surface area contributed by atoms with Crippen molar-refractivity contribution >= 4 is 10.0 Å². The largest absolute Gasteiger partial charge is 0.381 e. The van der Waals surface area contributed by atoms with Gasteiger partial charge in [-0.1, -0.05) is 37.3 Å². The summed E-state index contributed by atoms with van der Waals surface area (Å²) in [5.41, 5.74) is 0.790. The molecular formula is C14H19N3O3S. The third-order valence-corrected chi connectivity index (χ3v) is 4.38. The van der Waals surface area contributed by atoms with Crippen molar-refractivity contribution in [1.82, 2.24) is 14.2 Å². The molecule has 7 heteroatoms. The van der Waals surface area contributed by atoms with E-state index in [1.54, 1.807) is 0 Å². The first-order valence-electron chi connectivity index (χ1n) is 6.91. The molecule has 0 radical (unpaired) electrons. The fourth-order valence-electron chi connectivity index (χ4n) is 1.79. The summed E-state index contributed by atoms with van der Waals surface area (Å²) in [5, 5.41) is 4.04. The van der Waals surface area contributed by atoms with Gasteiger partial charge in [0.25, 0.3) is 10.0 Å². The Balaban J connectivity index is 1.99. The van der Waals surface area contributed by atoms with Crippen LogP contribution in [0.3, 0.4) is 0 Å². The highest BCUT2D eigenvalue weighted by molar-refractivity contribution is 7.89. The standard InChI is InChI=1S/C14H19N3O3S/c1-2-9-20-10-6-11-21(18,19)17-12-15-14(16-17)13-7-4-3-5-8-13/h3-5,7-8,12H,2,6,9-11H2,1H3. The van der Waals surface area contributed by atoms with E-state index in [-0.39, 0.29) is 5.75 Å². The highest BCUT2D eigenvalue weighted by Gasteiger charge is 2.16. The van der Waals surface area contributed by atoms with Crippen molar-refractivity contribution in [3.8, 4) is 11.4 Å². The lowest BCUT2D eigenvalue weighted by atomic mass is 10.2. The number of hydrogen-bond donors (Lipinski definition) is 0. The molecule has 0 bridgehead atoms. The van der Waals surface area contributed by atoms with Gasteiger partial charge in [-0.25, -0.2) is 13.4 Å². The fraction of sp³-hybridized carbons (Fsp3) is 0.429. The van der Waals surface area contributed by atoms with Gasteiger partial charge in [0.15, 0.2) is 5.82 Å². The van der Waals surface area contributed by atoms with Crippen molar-refractivity contribution < 1.29 is 13.2 Å². The number of nitrogens with zero attached hydrogens (tertiary/aromatic N) is 3. The fourth-order valence-corrected chi connectivity index (χ4v) is 2.85. The normalized spacial score (nSPS) is 11.7. The van der Waals surface area contributed by atoms with Gasteiger partial charge in [0.05, 0.1) is 5.75 Å². The average molecular weight is 309 g/mol. The summed E-state index contributed by atoms with van der Waals surface area (Å²) in [4.78, 5) is 4.05. The highest BCUT2D eigenvalue weighted by Crippen LogP contribution is 2.13. The zero-order valence-electron chi connectivity index (χ0n) is 12.0. The zero-order valence-corrected chi connectivity index (χ0v) is 12.8. The van der Waals surface area contributed by atoms with E-state index in [0.717, 1.165) is 16.1 Å². The van der Waals surface area contributed by atoms with Crippen LogP contribution >= 0.6 is 0 Å². The van der Waals surface area contributed by atoms with Gasteiger partial charge in [0.1, 0.15) is 6.33 Å². The predicted molar refractivity (Wildman–Crippen MR) is 80.4 cm³/mol. The number of rotatable bonds is 8. The first kappa shape index (κ1) is 15.7. The predicted octanol–water partition coefficient (Wildman–Crippen LogP) is 1.94. The quantitative estimate of drug-likeness (QED) is 0.697. The maximum Gasteiger partial charge on any atom is 0.255 e. The topological polar surface area (TPSA) is 74.1 Å². The average Bonchev–Trinajstić information content (AvgIpc) is 2.99. The summed E-state index contributed by atoms with van der Waals surface area (Å²) in [6, 6.07) is 9.27. The van der Waals surface area contributed by atoms with E-state index in [9.17, 15) is 8.42 Å². The minimum absolute atomic E-state index is 0.00565. The number of aromatic nitrogens is 3. The van der Waals surface area contributed by atoms with Gasteiger partial charge in [0.2, 0.25) is 0 Å². The number of benzene rings is 1. The molecule has 0 aliphatic rings. The third-order valence-electron chi connectivity index (χ3n) is 2.83. The Kier molecular flexibility index (Phi) is 5.46. The van der Waals surface area contributed by atoms with Gasteiger partial charge >= 0.3 is 0 Å². The molecule has 114 valence electrons. The van der Waals surface area contributed by atoms with Crippen LogP contribution in [0.5, 0.6) is 0 Å². The number of hydrogen-bond acceptors (Lipinski definition) is 5. The molecule has 6 nitrogen and oxygen atoms in total. The molecular weight excluding hydrogens is 290 g/mol. The molecule has 0 saturated carbocycles. The maximum atomic E-state index is 12.1. The van der Waals surface area contributed by atoms with Gasteiger partial charge in [-0.15, -0.1) is 9.19 Å². The summed E-state index contributed by atoms with van der Waals surface area (Å²) in [6.45, 7) is 3.10. The van der Waals surface area contributed by atoms with Crippen LogP contribution < -0.4 is 0 Å². The van der Waals surface area contributed by atoms with Crippen molar-refractivity contribution in [2.24, 2.45) is 0 Å². The van der Waals surface area contributed by atoms with Crippen molar-refractivity contribution in [3.05, 3.63) is 36.7 Å². The third kappa shape index (κ3) is 4.37. The Bertz CT molecular complexity index is 653. The zero-order chi connectivity index (χ0) is 15.1. The van der Waals surface area contributed by atoms with E-state index in [1.165, 1.54) is 6.33 Å². The van der Waals surface area contributed by atoms with Gasteiger partial charge in [0, 0.05) is 18.8 Å². The molecule has 0 aliphatic heterocycles. The Morgan fingerprint density at radius 1 is 1.19 bits per heavy atom. The second-order valence-corrected chi connectivity index (χ2v) is 6.53. The maximum absolute atomic E-state index is 12.1. The van der Waals surface area contributed by atoms with Crippen LogP contribution in [0.25, 0.3) is 11.4 Å². The molecule has 1 heterocycles. The van der Waals surface area contributed by atoms with Crippen LogP contribution in [-0.2, 0) is 14.8 Å². The second-order valence-electron chi connectivity index (χ2n) is 4.59. The van der Waals surface area contributed by atoms with E-state index in [0.29, 0.717) is 25.5 Å². The highest BCUT2D eigenvalue weighted by atomic mass is 32.2. The number of ether oxygens (including phenoxy) is 1. The van der Waals surface area contributed by atoms with E-state index < -0.39 is 10.0 Å². The van der Waals surface area contributed by atoms with Crippen LogP contribution in [0.15, 0.2) is 36.7 Å². The molecule has 0 unspecified atom stereocenters. The molecule has 1 aromatic heterocycles. The molecule has 2 aromatic rings. The van der Waals surface area contributed by atoms with Gasteiger partial charge in [-0.3, -0.25) is 0 Å². The lowest BCUT2D eigenvalue weighted by Gasteiger charge is -2.04. The van der Waals surface area contributed by atoms with Crippen LogP contribution in [0.2, 0.25) is 0 Å². The lowest BCUT2D eigenvalue weighted by Crippen LogP contribution is -2.18.